The summed E-state index contributed by atoms with van der Waals surface area (Å²) in [6, 6.07) is 18.9. The quantitative estimate of drug-likeness (QED) is 0.148. The molecule has 0 atom stereocenters. The van der Waals surface area contributed by atoms with Gasteiger partial charge in [0.1, 0.15) is 18.5 Å². The van der Waals surface area contributed by atoms with Gasteiger partial charge in [-0.2, -0.15) is 0 Å². The summed E-state index contributed by atoms with van der Waals surface area (Å²) in [5.41, 5.74) is 8.72. The van der Waals surface area contributed by atoms with Crippen molar-refractivity contribution in [3.05, 3.63) is 77.0 Å². The van der Waals surface area contributed by atoms with Gasteiger partial charge >= 0.3 is 0 Å². The molecule has 1 saturated carbocycles. The lowest BCUT2D eigenvalue weighted by Gasteiger charge is -2.35. The zero-order valence-electron chi connectivity index (χ0n) is 28.4. The summed E-state index contributed by atoms with van der Waals surface area (Å²) in [6.07, 6.45) is 9.43. The van der Waals surface area contributed by atoms with Crippen LogP contribution in [0.5, 0.6) is 11.5 Å². The molecule has 1 fully saturated rings. The summed E-state index contributed by atoms with van der Waals surface area (Å²) in [6.45, 7) is 18.9. The molecule has 5 aromatic rings. The molecule has 2 heterocycles. The van der Waals surface area contributed by atoms with Crippen molar-refractivity contribution < 1.29 is 9.30 Å². The standard InChI is InChI=1S/C42H50NO/c1-25(2)21-27-13-14-31-33(22-27)26(3)37-39-38-32(17-20-43(39)9)30-12-10-11-29(28-15-18-42(7,8)19-16-28)34(30)23-36(38)44-40(37)35(31)24-41(4,5)6/h10-14,17,20,22-23,25,28H,15-16,18-19,21,24H2,1-9H3/q+1. The minimum Gasteiger partial charge on any atom is -0.455 e. The molecular weight excluding hydrogens is 534 g/mol. The Hall–Kier alpha value is -3.39. The molecule has 2 nitrogen and oxygen atoms in total. The number of pyridine rings is 1. The van der Waals surface area contributed by atoms with Gasteiger partial charge in [-0.25, -0.2) is 4.57 Å². The van der Waals surface area contributed by atoms with E-state index >= 15 is 0 Å². The molecular formula is C42H50NO+. The first-order valence-corrected chi connectivity index (χ1v) is 17.0. The smallest absolute Gasteiger partial charge is 0.228 e. The first kappa shape index (κ1) is 29.3. The number of aromatic nitrogens is 1. The highest BCUT2D eigenvalue weighted by Crippen LogP contribution is 2.54. The molecule has 0 N–H and O–H groups in total. The zero-order chi connectivity index (χ0) is 31.1. The third-order valence-corrected chi connectivity index (χ3v) is 10.5. The fraction of sp³-hybridized carbons (Fsp3) is 0.452. The fourth-order valence-electron chi connectivity index (χ4n) is 8.31. The van der Waals surface area contributed by atoms with Gasteiger partial charge in [0, 0.05) is 17.0 Å². The topological polar surface area (TPSA) is 13.1 Å². The van der Waals surface area contributed by atoms with Crippen molar-refractivity contribution in [2.24, 2.45) is 23.8 Å². The first-order chi connectivity index (χ1) is 20.8. The molecule has 1 aromatic heterocycles. The van der Waals surface area contributed by atoms with Gasteiger partial charge in [-0.3, -0.25) is 0 Å². The number of hydrogen-bond donors (Lipinski definition) is 0. The van der Waals surface area contributed by atoms with Crippen molar-refractivity contribution in [3.63, 3.8) is 0 Å². The summed E-state index contributed by atoms with van der Waals surface area (Å²) < 4.78 is 9.57. The summed E-state index contributed by atoms with van der Waals surface area (Å²) in [5, 5.41) is 7.99. The Morgan fingerprint density at radius 2 is 1.66 bits per heavy atom. The van der Waals surface area contributed by atoms with Crippen LogP contribution in [-0.4, -0.2) is 0 Å². The summed E-state index contributed by atoms with van der Waals surface area (Å²) >= 11 is 0. The molecule has 7 rings (SSSR count). The van der Waals surface area contributed by atoms with Crippen LogP contribution in [-0.2, 0) is 19.9 Å². The second-order valence-electron chi connectivity index (χ2n) is 16.4. The predicted octanol–water partition coefficient (Wildman–Crippen LogP) is 11.5. The Balaban J connectivity index is 1.52. The zero-order valence-corrected chi connectivity index (χ0v) is 28.4. The van der Waals surface area contributed by atoms with Crippen molar-refractivity contribution in [2.75, 3.05) is 0 Å². The molecule has 0 bridgehead atoms. The van der Waals surface area contributed by atoms with E-state index in [1.54, 1.807) is 0 Å². The molecule has 0 unspecified atom stereocenters. The number of hydrogen-bond acceptors (Lipinski definition) is 1. The van der Waals surface area contributed by atoms with Crippen molar-refractivity contribution >= 4 is 32.3 Å². The SMILES string of the molecule is Cc1c2c(c(CC(C)(C)C)c3ccc(CC(C)C)cc13)Oc1cc3c(C4CCC(C)(C)CC4)cccc3c3cc[n+](C)c-2c13. The average Bonchev–Trinajstić information content (AvgIpc) is 2.95. The van der Waals surface area contributed by atoms with E-state index < -0.39 is 0 Å². The van der Waals surface area contributed by atoms with Gasteiger partial charge in [0.2, 0.25) is 5.69 Å². The van der Waals surface area contributed by atoms with Crippen LogP contribution in [0.2, 0.25) is 0 Å². The van der Waals surface area contributed by atoms with E-state index in [0.717, 1.165) is 24.3 Å². The first-order valence-electron chi connectivity index (χ1n) is 17.0. The molecule has 4 aromatic carbocycles. The van der Waals surface area contributed by atoms with Crippen molar-refractivity contribution in [3.8, 4) is 22.8 Å². The highest BCUT2D eigenvalue weighted by molar-refractivity contribution is 6.17. The van der Waals surface area contributed by atoms with Gasteiger partial charge in [0.25, 0.3) is 0 Å². The van der Waals surface area contributed by atoms with Gasteiger partial charge in [0.15, 0.2) is 6.20 Å². The Labute approximate surface area is 264 Å². The minimum absolute atomic E-state index is 0.121. The highest BCUT2D eigenvalue weighted by Gasteiger charge is 2.35. The van der Waals surface area contributed by atoms with Crippen molar-refractivity contribution in [2.45, 2.75) is 99.8 Å². The van der Waals surface area contributed by atoms with Crippen LogP contribution in [0, 0.1) is 23.7 Å². The number of fused-ring (bicyclic) bond motifs is 5. The van der Waals surface area contributed by atoms with Gasteiger partial charge in [-0.05, 0) is 112 Å². The van der Waals surface area contributed by atoms with Gasteiger partial charge in [-0.1, -0.05) is 84.9 Å². The summed E-state index contributed by atoms with van der Waals surface area (Å²) in [4.78, 5) is 0. The van der Waals surface area contributed by atoms with E-state index in [4.69, 9.17) is 4.74 Å². The predicted molar refractivity (Wildman–Crippen MR) is 187 cm³/mol. The number of nitrogens with zero attached hydrogens (tertiary/aromatic N) is 1. The summed E-state index contributed by atoms with van der Waals surface area (Å²) in [7, 11) is 2.21. The van der Waals surface area contributed by atoms with Crippen molar-refractivity contribution in [1.29, 1.82) is 0 Å². The third kappa shape index (κ3) is 4.90. The Kier molecular flexibility index (Phi) is 6.88. The van der Waals surface area contributed by atoms with E-state index in [0.29, 0.717) is 17.3 Å². The Morgan fingerprint density at radius 1 is 0.909 bits per heavy atom. The lowest BCUT2D eigenvalue weighted by molar-refractivity contribution is -0.659. The molecule has 0 saturated heterocycles. The second kappa shape index (κ2) is 10.3. The van der Waals surface area contributed by atoms with E-state index in [9.17, 15) is 0 Å². The van der Waals surface area contributed by atoms with Gasteiger partial charge < -0.3 is 4.74 Å². The normalized spacial score (nSPS) is 16.6. The second-order valence-corrected chi connectivity index (χ2v) is 16.4. The third-order valence-electron chi connectivity index (χ3n) is 10.5. The molecule has 2 aliphatic rings. The largest absolute Gasteiger partial charge is 0.455 e. The maximum Gasteiger partial charge on any atom is 0.228 e. The van der Waals surface area contributed by atoms with Crippen LogP contribution < -0.4 is 9.30 Å². The van der Waals surface area contributed by atoms with E-state index in [2.05, 4.69) is 122 Å². The molecule has 1 aliphatic carbocycles. The average molecular weight is 585 g/mol. The molecule has 228 valence electrons. The Bertz CT molecular complexity index is 1940. The maximum absolute atomic E-state index is 7.24. The Morgan fingerprint density at radius 3 is 2.36 bits per heavy atom. The number of aryl methyl sites for hydroxylation is 2. The van der Waals surface area contributed by atoms with Crippen LogP contribution in [0.25, 0.3) is 43.6 Å². The highest BCUT2D eigenvalue weighted by atomic mass is 16.5. The van der Waals surface area contributed by atoms with Crippen LogP contribution in [0.15, 0.2) is 54.7 Å². The van der Waals surface area contributed by atoms with E-state index in [-0.39, 0.29) is 5.41 Å². The molecule has 2 heteroatoms. The van der Waals surface area contributed by atoms with Crippen LogP contribution >= 0.6 is 0 Å². The number of rotatable bonds is 4. The van der Waals surface area contributed by atoms with Crippen LogP contribution in [0.3, 0.4) is 0 Å². The van der Waals surface area contributed by atoms with Gasteiger partial charge in [0.05, 0.1) is 10.9 Å². The molecule has 44 heavy (non-hydrogen) atoms. The van der Waals surface area contributed by atoms with Crippen molar-refractivity contribution in [1.82, 2.24) is 0 Å². The monoisotopic (exact) mass is 584 g/mol. The van der Waals surface area contributed by atoms with Gasteiger partial charge in [-0.15, -0.1) is 0 Å². The van der Waals surface area contributed by atoms with E-state index in [1.165, 1.54) is 91.5 Å². The molecule has 0 spiro atoms. The summed E-state index contributed by atoms with van der Waals surface area (Å²) in [5.74, 6) is 3.31. The number of ether oxygens (including phenoxy) is 1. The maximum atomic E-state index is 7.24. The molecule has 0 radical (unpaired) electrons. The van der Waals surface area contributed by atoms with Crippen LogP contribution in [0.4, 0.5) is 0 Å². The number of benzene rings is 4. The van der Waals surface area contributed by atoms with E-state index in [1.807, 2.05) is 0 Å². The molecule has 0 amide bonds. The fourth-order valence-corrected chi connectivity index (χ4v) is 8.31. The lowest BCUT2D eigenvalue weighted by Crippen LogP contribution is -2.32. The minimum atomic E-state index is 0.121. The molecule has 1 aliphatic heterocycles. The lowest BCUT2D eigenvalue weighted by atomic mass is 9.70. The van der Waals surface area contributed by atoms with Crippen LogP contribution in [0.1, 0.15) is 102 Å².